The molecule has 19 heavy (non-hydrogen) atoms. The fourth-order valence-corrected chi connectivity index (χ4v) is 2.80. The lowest BCUT2D eigenvalue weighted by Crippen LogP contribution is -2.58. The number of hydrogen-bond acceptors (Lipinski definition) is 2. The van der Waals surface area contributed by atoms with Crippen LogP contribution in [-0.2, 0) is 0 Å². The van der Waals surface area contributed by atoms with Crippen molar-refractivity contribution in [1.29, 1.82) is 0 Å². The van der Waals surface area contributed by atoms with Gasteiger partial charge in [-0.3, -0.25) is 4.79 Å². The summed E-state index contributed by atoms with van der Waals surface area (Å²) in [6, 6.07) is 2.68. The van der Waals surface area contributed by atoms with Crippen molar-refractivity contribution in [3.63, 3.8) is 0 Å². The molecule has 1 heterocycles. The molecule has 0 aromatic heterocycles. The molecule has 1 aliphatic rings. The second kappa shape index (κ2) is 5.38. The molecule has 1 saturated heterocycles. The normalized spacial score (nSPS) is 18.5. The second-order valence-electron chi connectivity index (χ2n) is 5.29. The summed E-state index contributed by atoms with van der Waals surface area (Å²) >= 11 is 8.93. The monoisotopic (exact) mass is 348 g/mol. The summed E-state index contributed by atoms with van der Waals surface area (Å²) in [6.07, 6.45) is 0. The van der Waals surface area contributed by atoms with Crippen LogP contribution in [0.15, 0.2) is 16.6 Å². The number of carbonyl (C=O) groups is 1. The molecule has 104 valence electrons. The zero-order chi connectivity index (χ0) is 14.2. The van der Waals surface area contributed by atoms with E-state index in [-0.39, 0.29) is 26.5 Å². The first kappa shape index (κ1) is 14.8. The highest BCUT2D eigenvalue weighted by Gasteiger charge is 2.30. The molecular formula is C13H15BrClFN2O. The highest BCUT2D eigenvalue weighted by Crippen LogP contribution is 2.27. The Kier molecular flexibility index (Phi) is 4.18. The number of rotatable bonds is 1. The Labute approximate surface area is 125 Å². The van der Waals surface area contributed by atoms with E-state index >= 15 is 0 Å². The average molecular weight is 350 g/mol. The van der Waals surface area contributed by atoms with Crippen molar-refractivity contribution in [2.75, 3.05) is 19.6 Å². The molecule has 1 aromatic rings. The van der Waals surface area contributed by atoms with Gasteiger partial charge in [-0.1, -0.05) is 11.6 Å². The first-order valence-corrected chi connectivity index (χ1v) is 7.16. The molecule has 0 bridgehead atoms. The molecule has 3 nitrogen and oxygen atoms in total. The average Bonchev–Trinajstić information content (AvgIpc) is 2.31. The van der Waals surface area contributed by atoms with Gasteiger partial charge < -0.3 is 10.2 Å². The van der Waals surface area contributed by atoms with Gasteiger partial charge in [-0.15, -0.1) is 0 Å². The Morgan fingerprint density at radius 3 is 2.84 bits per heavy atom. The van der Waals surface area contributed by atoms with E-state index < -0.39 is 5.82 Å². The van der Waals surface area contributed by atoms with Crippen LogP contribution in [0.5, 0.6) is 0 Å². The summed E-state index contributed by atoms with van der Waals surface area (Å²) in [6.45, 7) is 5.95. The van der Waals surface area contributed by atoms with Crippen molar-refractivity contribution in [1.82, 2.24) is 10.2 Å². The van der Waals surface area contributed by atoms with Gasteiger partial charge >= 0.3 is 0 Å². The van der Waals surface area contributed by atoms with Gasteiger partial charge in [-0.25, -0.2) is 4.39 Å². The Morgan fingerprint density at radius 1 is 1.53 bits per heavy atom. The standard InChI is InChI=1S/C13H15BrClFN2O/c1-13(2)7-18(4-3-17-13)12(19)9-5-8(15)6-10(16)11(9)14/h5-6,17H,3-4,7H2,1-2H3. The number of hydrogen-bond donors (Lipinski definition) is 1. The van der Waals surface area contributed by atoms with Crippen molar-refractivity contribution in [3.05, 3.63) is 33.0 Å². The summed E-state index contributed by atoms with van der Waals surface area (Å²) in [5, 5.41) is 3.55. The summed E-state index contributed by atoms with van der Waals surface area (Å²) in [5.41, 5.74) is 0.125. The van der Waals surface area contributed by atoms with Gasteiger partial charge in [0.1, 0.15) is 5.82 Å². The van der Waals surface area contributed by atoms with Crippen LogP contribution in [-0.4, -0.2) is 36.0 Å². The molecule has 0 unspecified atom stereocenters. The van der Waals surface area contributed by atoms with E-state index in [9.17, 15) is 9.18 Å². The maximum atomic E-state index is 13.6. The molecule has 0 saturated carbocycles. The minimum atomic E-state index is -0.523. The van der Waals surface area contributed by atoms with E-state index in [0.29, 0.717) is 13.1 Å². The molecule has 0 radical (unpaired) electrons. The first-order chi connectivity index (χ1) is 8.80. The lowest BCUT2D eigenvalue weighted by Gasteiger charge is -2.39. The van der Waals surface area contributed by atoms with Gasteiger partial charge in [0.05, 0.1) is 10.0 Å². The van der Waals surface area contributed by atoms with E-state index in [1.807, 2.05) is 13.8 Å². The lowest BCUT2D eigenvalue weighted by molar-refractivity contribution is 0.0650. The third-order valence-corrected chi connectivity index (χ3v) is 4.11. The number of nitrogens with zero attached hydrogens (tertiary/aromatic N) is 1. The Bertz CT molecular complexity index is 522. The topological polar surface area (TPSA) is 32.3 Å². The van der Waals surface area contributed by atoms with E-state index in [1.54, 1.807) is 4.90 Å². The van der Waals surface area contributed by atoms with Crippen LogP contribution in [0, 0.1) is 5.82 Å². The molecule has 6 heteroatoms. The summed E-state index contributed by atoms with van der Waals surface area (Å²) < 4.78 is 13.8. The molecule has 1 aromatic carbocycles. The molecule has 0 spiro atoms. The fraction of sp³-hybridized carbons (Fsp3) is 0.462. The van der Waals surface area contributed by atoms with Crippen LogP contribution < -0.4 is 5.32 Å². The van der Waals surface area contributed by atoms with Crippen LogP contribution >= 0.6 is 27.5 Å². The Balaban J connectivity index is 2.29. The van der Waals surface area contributed by atoms with Crippen LogP contribution in [0.25, 0.3) is 0 Å². The maximum absolute atomic E-state index is 13.6. The zero-order valence-electron chi connectivity index (χ0n) is 10.8. The van der Waals surface area contributed by atoms with Gasteiger partial charge in [0.15, 0.2) is 0 Å². The number of benzene rings is 1. The minimum Gasteiger partial charge on any atom is -0.336 e. The number of piperazine rings is 1. The predicted octanol–water partition coefficient (Wildman–Crippen LogP) is 3.07. The number of halogens is 3. The van der Waals surface area contributed by atoms with Crippen molar-refractivity contribution < 1.29 is 9.18 Å². The van der Waals surface area contributed by atoms with Gasteiger partial charge in [0.25, 0.3) is 5.91 Å². The quantitative estimate of drug-likeness (QED) is 0.790. The molecule has 1 aliphatic heterocycles. The highest BCUT2D eigenvalue weighted by atomic mass is 79.9. The summed E-state index contributed by atoms with van der Waals surface area (Å²) in [7, 11) is 0. The van der Waals surface area contributed by atoms with E-state index in [4.69, 9.17) is 11.6 Å². The van der Waals surface area contributed by atoms with Crippen molar-refractivity contribution in [3.8, 4) is 0 Å². The summed E-state index contributed by atoms with van der Waals surface area (Å²) in [5.74, 6) is -0.729. The van der Waals surface area contributed by atoms with Gasteiger partial charge in [-0.2, -0.15) is 0 Å². The van der Waals surface area contributed by atoms with Crippen LogP contribution in [0.2, 0.25) is 5.02 Å². The van der Waals surface area contributed by atoms with Crippen molar-refractivity contribution >= 4 is 33.4 Å². The minimum absolute atomic E-state index is 0.141. The molecule has 1 amide bonds. The molecular weight excluding hydrogens is 335 g/mol. The number of amides is 1. The number of nitrogens with one attached hydrogen (secondary N) is 1. The smallest absolute Gasteiger partial charge is 0.255 e. The van der Waals surface area contributed by atoms with Gasteiger partial charge in [0.2, 0.25) is 0 Å². The van der Waals surface area contributed by atoms with Crippen LogP contribution in [0.3, 0.4) is 0 Å². The Hall–Kier alpha value is -0.650. The molecule has 0 atom stereocenters. The highest BCUT2D eigenvalue weighted by molar-refractivity contribution is 9.10. The molecule has 0 aliphatic carbocycles. The van der Waals surface area contributed by atoms with Crippen LogP contribution in [0.1, 0.15) is 24.2 Å². The van der Waals surface area contributed by atoms with Crippen molar-refractivity contribution in [2.24, 2.45) is 0 Å². The van der Waals surface area contributed by atoms with E-state index in [1.165, 1.54) is 12.1 Å². The number of carbonyl (C=O) groups excluding carboxylic acids is 1. The first-order valence-electron chi connectivity index (χ1n) is 5.99. The van der Waals surface area contributed by atoms with Crippen LogP contribution in [0.4, 0.5) is 4.39 Å². The zero-order valence-corrected chi connectivity index (χ0v) is 13.1. The fourth-order valence-electron chi connectivity index (χ4n) is 2.20. The lowest BCUT2D eigenvalue weighted by atomic mass is 10.0. The second-order valence-corrected chi connectivity index (χ2v) is 6.52. The molecule has 1 N–H and O–H groups in total. The maximum Gasteiger partial charge on any atom is 0.255 e. The van der Waals surface area contributed by atoms with E-state index in [0.717, 1.165) is 6.54 Å². The van der Waals surface area contributed by atoms with Gasteiger partial charge in [-0.05, 0) is 41.9 Å². The van der Waals surface area contributed by atoms with E-state index in [2.05, 4.69) is 21.2 Å². The third kappa shape index (κ3) is 3.27. The Morgan fingerprint density at radius 2 is 2.21 bits per heavy atom. The van der Waals surface area contributed by atoms with Gasteiger partial charge in [0, 0.05) is 30.2 Å². The SMILES string of the molecule is CC1(C)CN(C(=O)c2cc(Cl)cc(F)c2Br)CCN1. The molecule has 2 rings (SSSR count). The predicted molar refractivity (Wildman–Crippen MR) is 77.1 cm³/mol. The summed E-state index contributed by atoms with van der Waals surface area (Å²) in [4.78, 5) is 14.2. The molecule has 1 fully saturated rings. The largest absolute Gasteiger partial charge is 0.336 e. The van der Waals surface area contributed by atoms with Crippen molar-refractivity contribution in [2.45, 2.75) is 19.4 Å². The third-order valence-electron chi connectivity index (χ3n) is 3.08.